The first-order valence-electron chi connectivity index (χ1n) is 10.1. The maximum atomic E-state index is 6.48. The quantitative estimate of drug-likeness (QED) is 0.362. The zero-order valence-electron chi connectivity index (χ0n) is 17.5. The molecule has 0 nitrogen and oxygen atoms in total. The van der Waals surface area contributed by atoms with E-state index in [2.05, 4.69) is 81.9 Å². The van der Waals surface area contributed by atoms with E-state index in [0.29, 0.717) is 0 Å². The van der Waals surface area contributed by atoms with Crippen molar-refractivity contribution in [3.8, 4) is 0 Å². The Hall–Kier alpha value is -2.54. The highest BCUT2D eigenvalue weighted by atomic mass is 35.5. The summed E-state index contributed by atoms with van der Waals surface area (Å²) >= 11 is 12.7. The van der Waals surface area contributed by atoms with E-state index in [4.69, 9.17) is 23.2 Å². The summed E-state index contributed by atoms with van der Waals surface area (Å²) in [5.41, 5.74) is 10.9. The smallest absolute Gasteiger partial charge is 0.0409 e. The summed E-state index contributed by atoms with van der Waals surface area (Å²) in [7, 11) is 0. The Morgan fingerprint density at radius 3 is 2.03 bits per heavy atom. The Kier molecular flexibility index (Phi) is 5.73. The fraction of sp³-hybridized carbons (Fsp3) is 0.143. The molecule has 0 saturated carbocycles. The summed E-state index contributed by atoms with van der Waals surface area (Å²) in [6.45, 7) is 10.7. The molecule has 1 atom stereocenters. The second-order valence-electron chi connectivity index (χ2n) is 8.03. The minimum Gasteiger partial charge on any atom is -0.0955 e. The standard InChI is InChI=1S/C28H24Cl2/c1-17(2)25(18(3)4)28-26(19-8-6-5-7-9-19)23-15-14-22(30)16-24(23)27(28)20-10-12-21(29)13-11-20/h5-16,27H,1H2,2-4H3. The van der Waals surface area contributed by atoms with E-state index in [0.717, 1.165) is 15.6 Å². The molecule has 0 amide bonds. The maximum absolute atomic E-state index is 6.48. The van der Waals surface area contributed by atoms with Crippen LogP contribution in [0.4, 0.5) is 0 Å². The van der Waals surface area contributed by atoms with Crippen LogP contribution in [0.15, 0.2) is 102 Å². The van der Waals surface area contributed by atoms with Crippen LogP contribution in [0, 0.1) is 0 Å². The molecule has 0 bridgehead atoms. The van der Waals surface area contributed by atoms with Crippen molar-refractivity contribution < 1.29 is 0 Å². The van der Waals surface area contributed by atoms with Crippen molar-refractivity contribution in [2.24, 2.45) is 0 Å². The van der Waals surface area contributed by atoms with Gasteiger partial charge < -0.3 is 0 Å². The molecule has 150 valence electrons. The van der Waals surface area contributed by atoms with Gasteiger partial charge in [0.2, 0.25) is 0 Å². The van der Waals surface area contributed by atoms with Crippen LogP contribution in [0.25, 0.3) is 5.57 Å². The van der Waals surface area contributed by atoms with Crippen molar-refractivity contribution in [1.82, 2.24) is 0 Å². The van der Waals surface area contributed by atoms with Crippen LogP contribution in [-0.2, 0) is 0 Å². The SMILES string of the molecule is C=C(C)C(=C(C)C)C1=C(c2ccccc2)c2ccc(Cl)cc2C1c1ccc(Cl)cc1. The summed E-state index contributed by atoms with van der Waals surface area (Å²) in [6.07, 6.45) is 0. The molecule has 0 aliphatic heterocycles. The second kappa shape index (κ2) is 8.30. The third-order valence-electron chi connectivity index (χ3n) is 5.61. The lowest BCUT2D eigenvalue weighted by Crippen LogP contribution is -2.06. The Bertz CT molecular complexity index is 1180. The number of fused-ring (bicyclic) bond motifs is 1. The summed E-state index contributed by atoms with van der Waals surface area (Å²) in [6, 6.07) is 25.0. The Morgan fingerprint density at radius 2 is 1.43 bits per heavy atom. The van der Waals surface area contributed by atoms with E-state index in [1.165, 1.54) is 44.5 Å². The lowest BCUT2D eigenvalue weighted by atomic mass is 9.81. The third kappa shape index (κ3) is 3.67. The first-order valence-corrected chi connectivity index (χ1v) is 10.8. The molecule has 2 heteroatoms. The normalized spacial score (nSPS) is 15.2. The molecule has 3 aromatic rings. The van der Waals surface area contributed by atoms with Gasteiger partial charge in [-0.05, 0) is 84.0 Å². The molecule has 4 rings (SSSR count). The largest absolute Gasteiger partial charge is 0.0955 e. The molecule has 1 aliphatic carbocycles. The van der Waals surface area contributed by atoms with Gasteiger partial charge in [-0.1, -0.05) is 89.5 Å². The molecule has 0 spiro atoms. The Labute approximate surface area is 189 Å². The third-order valence-corrected chi connectivity index (χ3v) is 6.10. The van der Waals surface area contributed by atoms with Crippen LogP contribution >= 0.6 is 23.2 Å². The van der Waals surface area contributed by atoms with Crippen molar-refractivity contribution in [1.29, 1.82) is 0 Å². The molecule has 1 unspecified atom stereocenters. The van der Waals surface area contributed by atoms with Crippen LogP contribution in [0.3, 0.4) is 0 Å². The van der Waals surface area contributed by atoms with Gasteiger partial charge in [0, 0.05) is 16.0 Å². The molecular weight excluding hydrogens is 407 g/mol. The van der Waals surface area contributed by atoms with E-state index in [-0.39, 0.29) is 5.92 Å². The lowest BCUT2D eigenvalue weighted by Gasteiger charge is -2.23. The highest BCUT2D eigenvalue weighted by Gasteiger charge is 2.35. The topological polar surface area (TPSA) is 0 Å². The van der Waals surface area contributed by atoms with E-state index in [1.54, 1.807) is 0 Å². The highest BCUT2D eigenvalue weighted by Crippen LogP contribution is 2.52. The molecule has 0 N–H and O–H groups in total. The van der Waals surface area contributed by atoms with Gasteiger partial charge >= 0.3 is 0 Å². The number of hydrogen-bond acceptors (Lipinski definition) is 0. The molecular formula is C28H24Cl2. The maximum Gasteiger partial charge on any atom is 0.0409 e. The van der Waals surface area contributed by atoms with E-state index >= 15 is 0 Å². The van der Waals surface area contributed by atoms with Gasteiger partial charge in [0.05, 0.1) is 0 Å². The molecule has 1 aliphatic rings. The molecule has 3 aromatic carbocycles. The lowest BCUT2D eigenvalue weighted by molar-refractivity contribution is 0.976. The second-order valence-corrected chi connectivity index (χ2v) is 8.90. The summed E-state index contributed by atoms with van der Waals surface area (Å²) in [4.78, 5) is 0. The minimum atomic E-state index is 0.0628. The van der Waals surface area contributed by atoms with E-state index in [1.807, 2.05) is 18.2 Å². The van der Waals surface area contributed by atoms with Crippen LogP contribution in [0.2, 0.25) is 10.0 Å². The number of hydrogen-bond donors (Lipinski definition) is 0. The zero-order chi connectivity index (χ0) is 21.4. The fourth-order valence-electron chi connectivity index (χ4n) is 4.56. The molecule has 0 fully saturated rings. The van der Waals surface area contributed by atoms with Crippen molar-refractivity contribution in [2.45, 2.75) is 26.7 Å². The predicted molar refractivity (Wildman–Crippen MR) is 130 cm³/mol. The van der Waals surface area contributed by atoms with Crippen LogP contribution in [0.1, 0.15) is 48.9 Å². The monoisotopic (exact) mass is 430 g/mol. The van der Waals surface area contributed by atoms with Crippen LogP contribution in [0.5, 0.6) is 0 Å². The van der Waals surface area contributed by atoms with E-state index < -0.39 is 0 Å². The van der Waals surface area contributed by atoms with Gasteiger partial charge in [0.25, 0.3) is 0 Å². The average Bonchev–Trinajstić information content (AvgIpc) is 3.02. The zero-order valence-corrected chi connectivity index (χ0v) is 19.0. The van der Waals surface area contributed by atoms with E-state index in [9.17, 15) is 0 Å². The summed E-state index contributed by atoms with van der Waals surface area (Å²) in [5, 5.41) is 1.48. The number of benzene rings is 3. The highest BCUT2D eigenvalue weighted by molar-refractivity contribution is 6.31. The number of rotatable bonds is 4. The molecule has 0 heterocycles. The minimum absolute atomic E-state index is 0.0628. The molecule has 0 aromatic heterocycles. The van der Waals surface area contributed by atoms with Gasteiger partial charge in [0.15, 0.2) is 0 Å². The first-order chi connectivity index (χ1) is 14.4. The van der Waals surface area contributed by atoms with Crippen LogP contribution < -0.4 is 0 Å². The number of allylic oxidation sites excluding steroid dienone is 4. The predicted octanol–water partition coefficient (Wildman–Crippen LogP) is 8.85. The van der Waals surface area contributed by atoms with Crippen molar-refractivity contribution in [3.05, 3.63) is 134 Å². The number of halogens is 2. The van der Waals surface area contributed by atoms with Gasteiger partial charge in [0.1, 0.15) is 0 Å². The van der Waals surface area contributed by atoms with Crippen molar-refractivity contribution >= 4 is 28.8 Å². The van der Waals surface area contributed by atoms with Gasteiger partial charge in [-0.3, -0.25) is 0 Å². The van der Waals surface area contributed by atoms with Gasteiger partial charge in [-0.25, -0.2) is 0 Å². The Balaban J connectivity index is 2.12. The fourth-order valence-corrected chi connectivity index (χ4v) is 4.86. The average molecular weight is 431 g/mol. The van der Waals surface area contributed by atoms with Crippen molar-refractivity contribution in [2.75, 3.05) is 0 Å². The summed E-state index contributed by atoms with van der Waals surface area (Å²) in [5.74, 6) is 0.0628. The van der Waals surface area contributed by atoms with Crippen LogP contribution in [-0.4, -0.2) is 0 Å². The Morgan fingerprint density at radius 1 is 0.800 bits per heavy atom. The van der Waals surface area contributed by atoms with Gasteiger partial charge in [-0.15, -0.1) is 0 Å². The first kappa shape index (κ1) is 20.7. The molecule has 30 heavy (non-hydrogen) atoms. The van der Waals surface area contributed by atoms with Crippen molar-refractivity contribution in [3.63, 3.8) is 0 Å². The molecule has 0 radical (unpaired) electrons. The summed E-state index contributed by atoms with van der Waals surface area (Å²) < 4.78 is 0. The van der Waals surface area contributed by atoms with Gasteiger partial charge in [-0.2, -0.15) is 0 Å². The molecule has 0 saturated heterocycles.